The summed E-state index contributed by atoms with van der Waals surface area (Å²) < 4.78 is 5.21. The number of nitrogens with zero attached hydrogens (tertiary/aromatic N) is 3. The van der Waals surface area contributed by atoms with Crippen LogP contribution in [0.1, 0.15) is 21.5 Å². The molecule has 172 valence electrons. The van der Waals surface area contributed by atoms with E-state index in [1.807, 2.05) is 16.8 Å². The molecule has 1 atom stereocenters. The molecule has 0 fully saturated rings. The third-order valence-corrected chi connectivity index (χ3v) is 5.71. The molecule has 4 N–H and O–H groups in total. The van der Waals surface area contributed by atoms with E-state index in [2.05, 4.69) is 27.1 Å². The highest BCUT2D eigenvalue weighted by atomic mass is 32.1. The van der Waals surface area contributed by atoms with Gasteiger partial charge in [-0.25, -0.2) is 9.78 Å². The number of nitrogen functional groups attached to an aromatic ring is 1. The lowest BCUT2D eigenvalue weighted by Crippen LogP contribution is -2.46. The van der Waals surface area contributed by atoms with Gasteiger partial charge in [-0.1, -0.05) is 17.9 Å². The molecule has 4 rings (SSSR count). The van der Waals surface area contributed by atoms with Gasteiger partial charge in [-0.3, -0.25) is 19.9 Å². The zero-order valence-corrected chi connectivity index (χ0v) is 18.9. The molecule has 0 unspecified atom stereocenters. The van der Waals surface area contributed by atoms with Crippen LogP contribution in [0.4, 0.5) is 9.93 Å². The summed E-state index contributed by atoms with van der Waals surface area (Å²) in [6, 6.07) is 5.65. The van der Waals surface area contributed by atoms with Crippen LogP contribution in [0.5, 0.6) is 5.75 Å². The lowest BCUT2D eigenvalue weighted by molar-refractivity contribution is -0.108. The Hall–Kier alpha value is -4.43. The highest BCUT2D eigenvalue weighted by Crippen LogP contribution is 2.27. The van der Waals surface area contributed by atoms with Crippen molar-refractivity contribution in [1.29, 1.82) is 0 Å². The van der Waals surface area contributed by atoms with Crippen LogP contribution in [0.15, 0.2) is 42.0 Å². The van der Waals surface area contributed by atoms with E-state index in [0.717, 1.165) is 11.1 Å². The van der Waals surface area contributed by atoms with Crippen LogP contribution in [0, 0.1) is 11.8 Å². The number of anilines is 1. The number of pyridine rings is 1. The number of benzene rings is 1. The van der Waals surface area contributed by atoms with Gasteiger partial charge in [-0.2, -0.15) is 0 Å². The number of urea groups is 1. The van der Waals surface area contributed by atoms with Crippen molar-refractivity contribution in [2.45, 2.75) is 12.6 Å². The number of rotatable bonds is 6. The van der Waals surface area contributed by atoms with Crippen LogP contribution in [0.25, 0.3) is 11.3 Å². The van der Waals surface area contributed by atoms with Gasteiger partial charge in [0.2, 0.25) is 6.41 Å². The van der Waals surface area contributed by atoms with Gasteiger partial charge in [0.15, 0.2) is 5.13 Å². The highest BCUT2D eigenvalue weighted by Gasteiger charge is 2.29. The molecule has 0 bridgehead atoms. The van der Waals surface area contributed by atoms with E-state index >= 15 is 0 Å². The van der Waals surface area contributed by atoms with Crippen molar-refractivity contribution in [1.82, 2.24) is 25.5 Å². The minimum Gasteiger partial charge on any atom is -0.497 e. The number of aromatic nitrogens is 2. The van der Waals surface area contributed by atoms with E-state index < -0.39 is 12.1 Å². The number of fused-ring (bicyclic) bond motifs is 1. The third kappa shape index (κ3) is 5.13. The Bertz CT molecular complexity index is 1310. The second kappa shape index (κ2) is 10.0. The van der Waals surface area contributed by atoms with Crippen molar-refractivity contribution in [2.24, 2.45) is 0 Å². The van der Waals surface area contributed by atoms with E-state index in [9.17, 15) is 14.4 Å². The van der Waals surface area contributed by atoms with Crippen LogP contribution in [-0.2, 0) is 11.3 Å². The van der Waals surface area contributed by atoms with Crippen molar-refractivity contribution in [3.05, 3.63) is 58.7 Å². The molecule has 0 saturated carbocycles. The summed E-state index contributed by atoms with van der Waals surface area (Å²) in [6.07, 6.45) is 3.51. The maximum Gasteiger partial charge on any atom is 0.322 e. The van der Waals surface area contributed by atoms with E-state index in [4.69, 9.17) is 10.5 Å². The smallest absolute Gasteiger partial charge is 0.322 e. The first-order chi connectivity index (χ1) is 16.5. The fraction of sp³-hybridized carbons (Fsp3) is 0.174. The maximum absolute atomic E-state index is 12.9. The fourth-order valence-electron chi connectivity index (χ4n) is 3.45. The van der Waals surface area contributed by atoms with Crippen molar-refractivity contribution in [3.8, 4) is 28.8 Å². The van der Waals surface area contributed by atoms with Gasteiger partial charge in [0.1, 0.15) is 11.8 Å². The zero-order chi connectivity index (χ0) is 24.1. The number of carbonyl (C=O) groups is 3. The first kappa shape index (κ1) is 22.8. The second-order valence-electron chi connectivity index (χ2n) is 7.30. The Morgan fingerprint density at radius 3 is 2.97 bits per heavy atom. The van der Waals surface area contributed by atoms with Gasteiger partial charge in [0.05, 0.1) is 19.3 Å². The van der Waals surface area contributed by atoms with Crippen LogP contribution < -0.4 is 21.1 Å². The second-order valence-corrected chi connectivity index (χ2v) is 8.19. The molecule has 4 amide bonds. The van der Waals surface area contributed by atoms with Gasteiger partial charge in [0.25, 0.3) is 5.91 Å². The highest BCUT2D eigenvalue weighted by molar-refractivity contribution is 7.13. The lowest BCUT2D eigenvalue weighted by atomic mass is 10.1. The average Bonchev–Trinajstić information content (AvgIpc) is 3.40. The molecule has 1 aromatic carbocycles. The predicted molar refractivity (Wildman–Crippen MR) is 126 cm³/mol. The largest absolute Gasteiger partial charge is 0.497 e. The quantitative estimate of drug-likeness (QED) is 0.363. The molecule has 34 heavy (non-hydrogen) atoms. The van der Waals surface area contributed by atoms with Crippen LogP contribution in [0.2, 0.25) is 0 Å². The normalized spacial score (nSPS) is 12.9. The van der Waals surface area contributed by atoms with E-state index in [1.165, 1.54) is 18.4 Å². The number of nitrogens with two attached hydrogens (primary N) is 1. The number of nitrogens with one attached hydrogen (secondary N) is 2. The summed E-state index contributed by atoms with van der Waals surface area (Å²) in [5.41, 5.74) is 9.14. The summed E-state index contributed by atoms with van der Waals surface area (Å²) in [5.74, 6) is 6.34. The summed E-state index contributed by atoms with van der Waals surface area (Å²) in [5, 5.41) is 6.91. The van der Waals surface area contributed by atoms with Gasteiger partial charge in [-0.15, -0.1) is 11.3 Å². The zero-order valence-electron chi connectivity index (χ0n) is 18.1. The number of hydrogen-bond acceptors (Lipinski definition) is 8. The van der Waals surface area contributed by atoms with Gasteiger partial charge >= 0.3 is 6.03 Å². The first-order valence-electron chi connectivity index (χ1n) is 10.1. The number of methoxy groups -OCH3 is 1. The van der Waals surface area contributed by atoms with Gasteiger partial charge in [-0.05, 0) is 23.8 Å². The Morgan fingerprint density at radius 1 is 1.38 bits per heavy atom. The number of amides is 4. The van der Waals surface area contributed by atoms with Crippen molar-refractivity contribution in [3.63, 3.8) is 0 Å². The number of hydrogen-bond donors (Lipinski definition) is 3. The summed E-state index contributed by atoms with van der Waals surface area (Å²) >= 11 is 1.32. The Labute approximate surface area is 199 Å². The van der Waals surface area contributed by atoms with Crippen molar-refractivity contribution < 1.29 is 19.1 Å². The molecule has 0 radical (unpaired) electrons. The fourth-order valence-corrected chi connectivity index (χ4v) is 4.03. The standard InChI is InChI=1S/C23H20N6O4S/c1-33-18-5-3-15-10-29(21(31)19(15)7-18)11-17(27-23(32)26-13-30)4-2-14-6-16(9-25-8-14)20-12-34-22(24)28-20/h3,5-9,12-13,17H,10-11H2,1H3,(H2,24,28)(H2,26,27,30,32)/t17-/m1/s1. The van der Waals surface area contributed by atoms with E-state index in [-0.39, 0.29) is 18.9 Å². The Kier molecular flexibility index (Phi) is 6.70. The number of imide groups is 1. The topological polar surface area (TPSA) is 140 Å². The predicted octanol–water partition coefficient (Wildman–Crippen LogP) is 1.63. The van der Waals surface area contributed by atoms with Gasteiger partial charge in [0, 0.05) is 41.0 Å². The molecule has 1 aliphatic heterocycles. The monoisotopic (exact) mass is 476 g/mol. The number of carbonyl (C=O) groups excluding carboxylic acids is 3. The van der Waals surface area contributed by atoms with Crippen molar-refractivity contribution in [2.75, 3.05) is 19.4 Å². The molecular weight excluding hydrogens is 456 g/mol. The summed E-state index contributed by atoms with van der Waals surface area (Å²) in [4.78, 5) is 45.6. The molecule has 10 nitrogen and oxygen atoms in total. The molecule has 3 heterocycles. The first-order valence-corrected chi connectivity index (χ1v) is 11.0. The molecule has 0 saturated heterocycles. The lowest BCUT2D eigenvalue weighted by Gasteiger charge is -2.21. The summed E-state index contributed by atoms with van der Waals surface area (Å²) in [6.45, 7) is 0.487. The Morgan fingerprint density at radius 2 is 2.24 bits per heavy atom. The maximum atomic E-state index is 12.9. The molecule has 2 aromatic heterocycles. The third-order valence-electron chi connectivity index (χ3n) is 5.04. The minimum atomic E-state index is -0.751. The Balaban J connectivity index is 1.55. The van der Waals surface area contributed by atoms with Crippen LogP contribution in [0.3, 0.4) is 0 Å². The van der Waals surface area contributed by atoms with Crippen LogP contribution in [-0.4, -0.2) is 52.9 Å². The van der Waals surface area contributed by atoms with Crippen LogP contribution >= 0.6 is 11.3 Å². The minimum absolute atomic E-state index is 0.116. The number of thiazole rings is 1. The molecule has 11 heteroatoms. The molecule has 0 spiro atoms. The molecule has 3 aromatic rings. The van der Waals surface area contributed by atoms with E-state index in [1.54, 1.807) is 35.5 Å². The van der Waals surface area contributed by atoms with E-state index in [0.29, 0.717) is 34.2 Å². The van der Waals surface area contributed by atoms with Crippen molar-refractivity contribution >= 4 is 34.8 Å². The molecule has 1 aliphatic rings. The summed E-state index contributed by atoms with van der Waals surface area (Å²) in [7, 11) is 1.54. The molecule has 0 aliphatic carbocycles. The average molecular weight is 477 g/mol. The SMILES string of the molecule is COc1ccc2c(c1)C(=O)N(C[C@@H](C#Cc1cncc(-c3csc(N)n3)c1)NC(=O)NC=O)C2. The van der Waals surface area contributed by atoms with Gasteiger partial charge < -0.3 is 20.7 Å². The molecular formula is C23H20N6O4S. The number of ether oxygens (including phenoxy) is 1.